The Morgan fingerprint density at radius 2 is 2.25 bits per heavy atom. The molecule has 0 atom stereocenters. The Hall–Kier alpha value is -2.50. The van der Waals surface area contributed by atoms with Crippen LogP contribution in [0.15, 0.2) is 30.6 Å². The van der Waals surface area contributed by atoms with Gasteiger partial charge in [-0.05, 0) is 25.1 Å². The third kappa shape index (κ3) is 3.28. The molecule has 1 heterocycles. The molecule has 0 aliphatic heterocycles. The molecule has 4 N–H and O–H groups in total. The second kappa shape index (κ2) is 6.10. The summed E-state index contributed by atoms with van der Waals surface area (Å²) in [5.74, 6) is -0.113. The number of hydrogen-bond donors (Lipinski definition) is 3. The van der Waals surface area contributed by atoms with Crippen molar-refractivity contribution in [2.24, 2.45) is 7.05 Å². The minimum Gasteiger partial charge on any atom is -0.397 e. The summed E-state index contributed by atoms with van der Waals surface area (Å²) in [6.45, 7) is 3.11. The van der Waals surface area contributed by atoms with E-state index >= 15 is 0 Å². The zero-order chi connectivity index (χ0) is 14.5. The largest absolute Gasteiger partial charge is 0.397 e. The highest BCUT2D eigenvalue weighted by Crippen LogP contribution is 2.20. The second-order valence-electron chi connectivity index (χ2n) is 4.54. The first kappa shape index (κ1) is 13.9. The molecule has 0 saturated carbocycles. The van der Waals surface area contributed by atoms with E-state index in [-0.39, 0.29) is 5.91 Å². The number of amides is 1. The topological polar surface area (TPSA) is 85.0 Å². The third-order valence-electron chi connectivity index (χ3n) is 2.89. The van der Waals surface area contributed by atoms with E-state index in [4.69, 9.17) is 5.73 Å². The van der Waals surface area contributed by atoms with Gasteiger partial charge in [-0.1, -0.05) is 0 Å². The van der Waals surface area contributed by atoms with Crippen LogP contribution in [0.4, 0.5) is 11.4 Å². The quantitative estimate of drug-likeness (QED) is 0.718. The number of nitrogens with two attached hydrogens (primary N) is 1. The monoisotopic (exact) mass is 273 g/mol. The van der Waals surface area contributed by atoms with Crippen molar-refractivity contribution in [2.75, 3.05) is 17.6 Å². The number of nitrogens with zero attached hydrogens (tertiary/aromatic N) is 2. The first-order valence-electron chi connectivity index (χ1n) is 6.49. The van der Waals surface area contributed by atoms with Gasteiger partial charge >= 0.3 is 0 Å². The van der Waals surface area contributed by atoms with Crippen LogP contribution in [0.5, 0.6) is 0 Å². The van der Waals surface area contributed by atoms with Gasteiger partial charge in [0.15, 0.2) is 0 Å². The van der Waals surface area contributed by atoms with Crippen LogP contribution < -0.4 is 16.4 Å². The van der Waals surface area contributed by atoms with Gasteiger partial charge in [-0.25, -0.2) is 0 Å². The summed E-state index contributed by atoms with van der Waals surface area (Å²) >= 11 is 0. The third-order valence-corrected chi connectivity index (χ3v) is 2.89. The van der Waals surface area contributed by atoms with Gasteiger partial charge in [0.05, 0.1) is 17.6 Å². The van der Waals surface area contributed by atoms with Gasteiger partial charge in [-0.2, -0.15) is 5.10 Å². The molecule has 6 nitrogen and oxygen atoms in total. The second-order valence-corrected chi connectivity index (χ2v) is 4.54. The molecule has 0 aliphatic carbocycles. The number of rotatable bonds is 5. The molecule has 0 spiro atoms. The van der Waals surface area contributed by atoms with Gasteiger partial charge < -0.3 is 16.4 Å². The summed E-state index contributed by atoms with van der Waals surface area (Å²) < 4.78 is 1.75. The molecule has 0 bridgehead atoms. The number of carbonyl (C=O) groups excluding carboxylic acids is 1. The molecule has 20 heavy (non-hydrogen) atoms. The van der Waals surface area contributed by atoms with Crippen LogP contribution in [-0.2, 0) is 13.6 Å². The first-order chi connectivity index (χ1) is 9.60. The number of anilines is 2. The van der Waals surface area contributed by atoms with E-state index < -0.39 is 0 Å². The Balaban J connectivity index is 2.04. The number of aromatic nitrogens is 2. The molecule has 1 amide bonds. The molecular formula is C14H19N5O. The molecule has 0 fully saturated rings. The normalized spacial score (nSPS) is 10.3. The van der Waals surface area contributed by atoms with Crippen molar-refractivity contribution >= 4 is 17.3 Å². The highest BCUT2D eigenvalue weighted by Gasteiger charge is 2.07. The fourth-order valence-electron chi connectivity index (χ4n) is 1.89. The summed E-state index contributed by atoms with van der Waals surface area (Å²) in [5.41, 5.74) is 8.96. The minimum atomic E-state index is -0.113. The minimum absolute atomic E-state index is 0.113. The van der Waals surface area contributed by atoms with Crippen LogP contribution in [0.1, 0.15) is 22.8 Å². The molecule has 0 unspecified atom stereocenters. The van der Waals surface area contributed by atoms with Crippen LogP contribution >= 0.6 is 0 Å². The van der Waals surface area contributed by atoms with Crippen LogP contribution in [-0.4, -0.2) is 22.2 Å². The molecule has 106 valence electrons. The standard InChI is InChI=1S/C14H19N5O/c1-3-16-14(20)11-4-5-13(12(15)6-11)17-7-10-8-18-19(2)9-10/h4-6,8-9,17H,3,7,15H2,1-2H3,(H,16,20). The smallest absolute Gasteiger partial charge is 0.251 e. The van der Waals surface area contributed by atoms with E-state index in [0.29, 0.717) is 24.3 Å². The summed E-state index contributed by atoms with van der Waals surface area (Å²) in [5, 5.41) is 10.1. The Morgan fingerprint density at radius 1 is 1.45 bits per heavy atom. The van der Waals surface area contributed by atoms with Crippen LogP contribution in [0.3, 0.4) is 0 Å². The molecule has 1 aromatic heterocycles. The van der Waals surface area contributed by atoms with E-state index in [1.54, 1.807) is 23.0 Å². The SMILES string of the molecule is CCNC(=O)c1ccc(NCc2cnn(C)c2)c(N)c1. The molecule has 0 saturated heterocycles. The summed E-state index contributed by atoms with van der Waals surface area (Å²) in [6, 6.07) is 5.25. The van der Waals surface area contributed by atoms with E-state index in [1.807, 2.05) is 26.2 Å². The average molecular weight is 273 g/mol. The maximum Gasteiger partial charge on any atom is 0.251 e. The van der Waals surface area contributed by atoms with E-state index in [0.717, 1.165) is 11.3 Å². The molecule has 1 aromatic carbocycles. The van der Waals surface area contributed by atoms with Gasteiger partial charge in [-0.15, -0.1) is 0 Å². The van der Waals surface area contributed by atoms with Crippen molar-refractivity contribution in [3.05, 3.63) is 41.7 Å². The Labute approximate surface area is 118 Å². The first-order valence-corrected chi connectivity index (χ1v) is 6.49. The van der Waals surface area contributed by atoms with Crippen molar-refractivity contribution in [1.29, 1.82) is 0 Å². The molecule has 6 heteroatoms. The van der Waals surface area contributed by atoms with Crippen molar-refractivity contribution in [2.45, 2.75) is 13.5 Å². The van der Waals surface area contributed by atoms with Gasteiger partial charge in [-0.3, -0.25) is 9.48 Å². The zero-order valence-corrected chi connectivity index (χ0v) is 11.7. The van der Waals surface area contributed by atoms with Gasteiger partial charge in [0.1, 0.15) is 0 Å². The average Bonchev–Trinajstić information content (AvgIpc) is 2.83. The summed E-state index contributed by atoms with van der Waals surface area (Å²) in [7, 11) is 1.87. The number of aryl methyl sites for hydroxylation is 1. The maximum absolute atomic E-state index is 11.7. The maximum atomic E-state index is 11.7. The summed E-state index contributed by atoms with van der Waals surface area (Å²) in [6.07, 6.45) is 3.73. The van der Waals surface area contributed by atoms with Crippen LogP contribution in [0.25, 0.3) is 0 Å². The molecule has 0 aliphatic rings. The molecule has 0 radical (unpaired) electrons. The highest BCUT2D eigenvalue weighted by molar-refractivity contribution is 5.96. The number of benzene rings is 1. The van der Waals surface area contributed by atoms with Crippen molar-refractivity contribution < 1.29 is 4.79 Å². The lowest BCUT2D eigenvalue weighted by Crippen LogP contribution is -2.22. The predicted octanol–water partition coefficient (Wildman–Crippen LogP) is 1.36. The lowest BCUT2D eigenvalue weighted by molar-refractivity contribution is 0.0956. The zero-order valence-electron chi connectivity index (χ0n) is 11.7. The number of nitrogen functional groups attached to an aromatic ring is 1. The Kier molecular flexibility index (Phi) is 4.24. The van der Waals surface area contributed by atoms with Gasteiger partial charge in [0, 0.05) is 37.5 Å². The lowest BCUT2D eigenvalue weighted by atomic mass is 10.1. The number of hydrogen-bond acceptors (Lipinski definition) is 4. The fraction of sp³-hybridized carbons (Fsp3) is 0.286. The van der Waals surface area contributed by atoms with Gasteiger partial charge in [0.2, 0.25) is 0 Å². The molecular weight excluding hydrogens is 254 g/mol. The molecule has 2 rings (SSSR count). The van der Waals surface area contributed by atoms with E-state index in [2.05, 4.69) is 15.7 Å². The summed E-state index contributed by atoms with van der Waals surface area (Å²) in [4.78, 5) is 11.7. The van der Waals surface area contributed by atoms with Crippen molar-refractivity contribution in [3.8, 4) is 0 Å². The molecule has 2 aromatic rings. The van der Waals surface area contributed by atoms with E-state index in [1.165, 1.54) is 0 Å². The highest BCUT2D eigenvalue weighted by atomic mass is 16.1. The van der Waals surface area contributed by atoms with Crippen molar-refractivity contribution in [3.63, 3.8) is 0 Å². The van der Waals surface area contributed by atoms with Gasteiger partial charge in [0.25, 0.3) is 5.91 Å². The lowest BCUT2D eigenvalue weighted by Gasteiger charge is -2.10. The predicted molar refractivity (Wildman–Crippen MR) is 79.4 cm³/mol. The van der Waals surface area contributed by atoms with E-state index in [9.17, 15) is 4.79 Å². The number of carbonyl (C=O) groups is 1. The van der Waals surface area contributed by atoms with Crippen LogP contribution in [0, 0.1) is 0 Å². The Morgan fingerprint density at radius 3 is 2.85 bits per heavy atom. The van der Waals surface area contributed by atoms with Crippen molar-refractivity contribution in [1.82, 2.24) is 15.1 Å². The van der Waals surface area contributed by atoms with Crippen LogP contribution in [0.2, 0.25) is 0 Å². The Bertz CT molecular complexity index is 605. The fourth-order valence-corrected chi connectivity index (χ4v) is 1.89. The number of nitrogens with one attached hydrogen (secondary N) is 2.